The van der Waals surface area contributed by atoms with Crippen molar-refractivity contribution in [2.24, 2.45) is 11.8 Å². The van der Waals surface area contributed by atoms with Gasteiger partial charge in [-0.3, -0.25) is 23.7 Å². The van der Waals surface area contributed by atoms with Crippen molar-refractivity contribution in [1.82, 2.24) is 14.6 Å². The molecule has 0 unspecified atom stereocenters. The first-order chi connectivity index (χ1) is 16.4. The number of esters is 1. The number of nitrogens with zero attached hydrogens (tertiary/aromatic N) is 1. The lowest BCUT2D eigenvalue weighted by Crippen LogP contribution is -2.36. The Morgan fingerprint density at radius 1 is 1.11 bits per heavy atom. The van der Waals surface area contributed by atoms with Gasteiger partial charge in [-0.25, -0.2) is 9.36 Å². The van der Waals surface area contributed by atoms with Gasteiger partial charge in [-0.1, -0.05) is 32.0 Å². The molecular weight excluding hydrogens is 477 g/mol. The summed E-state index contributed by atoms with van der Waals surface area (Å²) in [4.78, 5) is 37.5. The van der Waals surface area contributed by atoms with Crippen LogP contribution in [0.25, 0.3) is 0 Å². The molecule has 2 rings (SSSR count). The lowest BCUT2D eigenvalue weighted by molar-refractivity contribution is -0.149. The SMILES string of the molecule is CC(C)OC(=O)[C@H](C)N[P@](=O)(OC[C@@H](C)C[C@H](C)[C@@H](O)n1ccc(=O)[nH]c1=O)Oc1ccccc1. The van der Waals surface area contributed by atoms with Gasteiger partial charge in [-0.2, -0.15) is 5.09 Å². The number of H-pyrrole nitrogens is 1. The Bertz CT molecular complexity index is 1120. The molecule has 1 heterocycles. The van der Waals surface area contributed by atoms with E-state index >= 15 is 0 Å². The van der Waals surface area contributed by atoms with Gasteiger partial charge >= 0.3 is 19.4 Å². The summed E-state index contributed by atoms with van der Waals surface area (Å²) in [6, 6.07) is 8.60. The van der Waals surface area contributed by atoms with E-state index in [2.05, 4.69) is 10.1 Å². The van der Waals surface area contributed by atoms with Crippen molar-refractivity contribution in [1.29, 1.82) is 0 Å². The van der Waals surface area contributed by atoms with E-state index in [0.29, 0.717) is 12.2 Å². The van der Waals surface area contributed by atoms with Crippen LogP contribution in [0.2, 0.25) is 0 Å². The maximum absolute atomic E-state index is 13.5. The van der Waals surface area contributed by atoms with E-state index < -0.39 is 43.2 Å². The molecule has 35 heavy (non-hydrogen) atoms. The van der Waals surface area contributed by atoms with Crippen LogP contribution in [0.3, 0.4) is 0 Å². The van der Waals surface area contributed by atoms with Crippen LogP contribution in [0.5, 0.6) is 5.75 Å². The Kier molecular flexibility index (Phi) is 10.5. The number of hydrogen-bond donors (Lipinski definition) is 3. The third-order valence-corrected chi connectivity index (χ3v) is 6.62. The summed E-state index contributed by atoms with van der Waals surface area (Å²) in [5, 5.41) is 13.2. The summed E-state index contributed by atoms with van der Waals surface area (Å²) in [6.45, 7) is 8.45. The molecule has 0 aliphatic heterocycles. The zero-order valence-corrected chi connectivity index (χ0v) is 21.4. The van der Waals surface area contributed by atoms with Gasteiger partial charge in [0.2, 0.25) is 0 Å². The summed E-state index contributed by atoms with van der Waals surface area (Å²) in [5.41, 5.74) is -1.27. The van der Waals surface area contributed by atoms with E-state index in [0.717, 1.165) is 10.6 Å². The first-order valence-corrected chi connectivity index (χ1v) is 12.9. The highest BCUT2D eigenvalue weighted by atomic mass is 31.2. The third kappa shape index (κ3) is 9.10. The predicted molar refractivity (Wildman–Crippen MR) is 130 cm³/mol. The molecule has 5 atom stereocenters. The van der Waals surface area contributed by atoms with Crippen LogP contribution in [0.15, 0.2) is 52.2 Å². The maximum Gasteiger partial charge on any atom is 0.459 e. The van der Waals surface area contributed by atoms with Gasteiger partial charge in [0.25, 0.3) is 5.56 Å². The summed E-state index contributed by atoms with van der Waals surface area (Å²) in [5.74, 6) is -0.927. The number of carbonyl (C=O) groups excluding carboxylic acids is 1. The monoisotopic (exact) mass is 511 g/mol. The highest BCUT2D eigenvalue weighted by molar-refractivity contribution is 7.52. The largest absolute Gasteiger partial charge is 0.462 e. The first-order valence-electron chi connectivity index (χ1n) is 11.4. The van der Waals surface area contributed by atoms with E-state index in [1.54, 1.807) is 51.1 Å². The summed E-state index contributed by atoms with van der Waals surface area (Å²) in [6.07, 6.45) is 0.0961. The minimum Gasteiger partial charge on any atom is -0.462 e. The minimum atomic E-state index is -4.00. The van der Waals surface area contributed by atoms with Crippen molar-refractivity contribution >= 4 is 13.7 Å². The Labute approximate surface area is 204 Å². The molecule has 2 aromatic rings. The number of aliphatic hydroxyl groups is 1. The smallest absolute Gasteiger partial charge is 0.459 e. The number of ether oxygens (including phenoxy) is 1. The first kappa shape index (κ1) is 28.5. The minimum absolute atomic E-state index is 0.0271. The molecule has 0 aliphatic carbocycles. The molecule has 12 heteroatoms. The molecule has 0 fully saturated rings. The highest BCUT2D eigenvalue weighted by Gasteiger charge is 2.33. The van der Waals surface area contributed by atoms with Crippen LogP contribution in [0.4, 0.5) is 0 Å². The number of para-hydroxylation sites is 1. The zero-order chi connectivity index (χ0) is 26.2. The molecule has 11 nitrogen and oxygen atoms in total. The number of carbonyl (C=O) groups is 1. The Morgan fingerprint density at radius 2 is 1.77 bits per heavy atom. The van der Waals surface area contributed by atoms with Crippen LogP contribution < -0.4 is 20.9 Å². The van der Waals surface area contributed by atoms with Gasteiger partial charge in [0, 0.05) is 18.2 Å². The Balaban J connectivity index is 2.06. The van der Waals surface area contributed by atoms with Crippen molar-refractivity contribution in [3.63, 3.8) is 0 Å². The lowest BCUT2D eigenvalue weighted by atomic mass is 9.96. The molecule has 0 bridgehead atoms. The average Bonchev–Trinajstić information content (AvgIpc) is 2.77. The van der Waals surface area contributed by atoms with Gasteiger partial charge in [-0.05, 0) is 45.2 Å². The average molecular weight is 512 g/mol. The summed E-state index contributed by atoms with van der Waals surface area (Å²) >= 11 is 0. The maximum atomic E-state index is 13.5. The molecule has 3 N–H and O–H groups in total. The van der Waals surface area contributed by atoms with Crippen molar-refractivity contribution in [2.75, 3.05) is 6.61 Å². The van der Waals surface area contributed by atoms with E-state index in [1.165, 1.54) is 13.1 Å². The number of rotatable bonds is 13. The topological polar surface area (TPSA) is 149 Å². The van der Waals surface area contributed by atoms with Crippen LogP contribution in [0.1, 0.15) is 47.3 Å². The molecule has 0 spiro atoms. The molecule has 194 valence electrons. The van der Waals surface area contributed by atoms with Crippen molar-refractivity contribution in [3.05, 3.63) is 63.4 Å². The van der Waals surface area contributed by atoms with Crippen molar-refractivity contribution in [2.45, 2.75) is 59.4 Å². The fourth-order valence-corrected chi connectivity index (χ4v) is 4.90. The molecule has 0 radical (unpaired) electrons. The highest BCUT2D eigenvalue weighted by Crippen LogP contribution is 2.45. The molecule has 0 amide bonds. The molecule has 1 aromatic carbocycles. The van der Waals surface area contributed by atoms with E-state index in [9.17, 15) is 24.1 Å². The number of nitrogens with one attached hydrogen (secondary N) is 2. The number of aromatic nitrogens is 2. The van der Waals surface area contributed by atoms with E-state index in [4.69, 9.17) is 13.8 Å². The van der Waals surface area contributed by atoms with E-state index in [1.807, 2.05) is 6.92 Å². The quantitative estimate of drug-likeness (QED) is 0.273. The molecule has 0 saturated carbocycles. The number of aromatic amines is 1. The van der Waals surface area contributed by atoms with Crippen LogP contribution in [-0.4, -0.2) is 39.4 Å². The summed E-state index contributed by atoms with van der Waals surface area (Å²) in [7, 11) is -4.00. The molecule has 1 aromatic heterocycles. The van der Waals surface area contributed by atoms with E-state index in [-0.39, 0.29) is 18.6 Å². The lowest BCUT2D eigenvalue weighted by Gasteiger charge is -2.26. The third-order valence-electron chi connectivity index (χ3n) is 4.97. The Morgan fingerprint density at radius 3 is 2.37 bits per heavy atom. The standard InChI is InChI=1S/C23H34N3O8P/c1-15(2)33-22(29)18(5)25-35(31,34-19-9-7-6-8-10-19)32-14-16(3)13-17(4)21(28)26-12-11-20(27)24-23(26)30/h6-12,15-18,21,28H,13-14H2,1-5H3,(H,25,31)(H,24,27,30)/t16-,17-,18-,21+,35-/m0/s1. The zero-order valence-electron chi connectivity index (χ0n) is 20.5. The van der Waals surface area contributed by atoms with Gasteiger partial charge < -0.3 is 14.4 Å². The second-order valence-corrected chi connectivity index (χ2v) is 10.5. The summed E-state index contributed by atoms with van der Waals surface area (Å²) < 4.78 is 31.0. The number of benzene rings is 1. The molecular formula is C23H34N3O8P. The normalized spacial score (nSPS) is 16.7. The van der Waals surface area contributed by atoms with Crippen molar-refractivity contribution in [3.8, 4) is 5.75 Å². The van der Waals surface area contributed by atoms with Crippen LogP contribution in [-0.2, 0) is 18.6 Å². The van der Waals surface area contributed by atoms with Crippen LogP contribution >= 0.6 is 7.75 Å². The number of hydrogen-bond acceptors (Lipinski definition) is 8. The predicted octanol–water partition coefficient (Wildman–Crippen LogP) is 2.82. The van der Waals surface area contributed by atoms with Gasteiger partial charge in [0.05, 0.1) is 12.7 Å². The van der Waals surface area contributed by atoms with Gasteiger partial charge in [0.1, 0.15) is 18.0 Å². The molecule has 0 saturated heterocycles. The van der Waals surface area contributed by atoms with Gasteiger partial charge in [-0.15, -0.1) is 0 Å². The van der Waals surface area contributed by atoms with Crippen molar-refractivity contribution < 1.29 is 28.3 Å². The fourth-order valence-electron chi connectivity index (χ4n) is 3.29. The second-order valence-electron chi connectivity index (χ2n) is 8.78. The molecule has 0 aliphatic rings. The number of aliphatic hydroxyl groups excluding tert-OH is 1. The van der Waals surface area contributed by atoms with Crippen LogP contribution in [0, 0.1) is 11.8 Å². The fraction of sp³-hybridized carbons (Fsp3) is 0.522. The van der Waals surface area contributed by atoms with Gasteiger partial charge in [0.15, 0.2) is 0 Å². The second kappa shape index (κ2) is 12.8. The Hall–Kier alpha value is -2.72.